The second kappa shape index (κ2) is 6.69. The minimum absolute atomic E-state index is 0.142. The molecule has 116 valence electrons. The summed E-state index contributed by atoms with van der Waals surface area (Å²) in [5.41, 5.74) is 7.63. The molecule has 0 aliphatic rings. The van der Waals surface area contributed by atoms with Crippen molar-refractivity contribution in [2.45, 2.75) is 13.1 Å². The molecule has 0 saturated heterocycles. The SMILES string of the molecule is NC(=O)c1cncc(NCc2cccc(Cn3ccnc3)c2)n1. The zero-order chi connectivity index (χ0) is 16.1. The van der Waals surface area contributed by atoms with E-state index in [1.54, 1.807) is 18.7 Å². The predicted molar refractivity (Wildman–Crippen MR) is 85.6 cm³/mol. The first kappa shape index (κ1) is 14.7. The summed E-state index contributed by atoms with van der Waals surface area (Å²) in [6, 6.07) is 8.21. The fourth-order valence-corrected chi connectivity index (χ4v) is 2.19. The Hall–Kier alpha value is -3.22. The van der Waals surface area contributed by atoms with Gasteiger partial charge in [0.1, 0.15) is 11.5 Å². The van der Waals surface area contributed by atoms with Crippen LogP contribution in [0.5, 0.6) is 0 Å². The van der Waals surface area contributed by atoms with Gasteiger partial charge in [-0.25, -0.2) is 9.97 Å². The highest BCUT2D eigenvalue weighted by Gasteiger charge is 2.04. The number of benzene rings is 1. The van der Waals surface area contributed by atoms with Gasteiger partial charge in [0.2, 0.25) is 0 Å². The third kappa shape index (κ3) is 3.91. The average Bonchev–Trinajstić information content (AvgIpc) is 3.06. The number of imidazole rings is 1. The van der Waals surface area contributed by atoms with E-state index in [0.717, 1.165) is 12.1 Å². The van der Waals surface area contributed by atoms with Gasteiger partial charge < -0.3 is 15.6 Å². The number of nitrogens with zero attached hydrogens (tertiary/aromatic N) is 4. The van der Waals surface area contributed by atoms with Crippen molar-refractivity contribution < 1.29 is 4.79 Å². The Bertz CT molecular complexity index is 800. The molecular weight excluding hydrogens is 292 g/mol. The first-order chi connectivity index (χ1) is 11.2. The second-order valence-electron chi connectivity index (χ2n) is 5.06. The molecule has 7 nitrogen and oxygen atoms in total. The highest BCUT2D eigenvalue weighted by Crippen LogP contribution is 2.10. The van der Waals surface area contributed by atoms with Crippen LogP contribution in [0.1, 0.15) is 21.6 Å². The van der Waals surface area contributed by atoms with Crippen LogP contribution < -0.4 is 11.1 Å². The molecule has 0 fully saturated rings. The fourth-order valence-electron chi connectivity index (χ4n) is 2.19. The van der Waals surface area contributed by atoms with Crippen LogP contribution in [0.3, 0.4) is 0 Å². The number of rotatable bonds is 6. The molecular formula is C16H16N6O. The van der Waals surface area contributed by atoms with Crippen molar-refractivity contribution in [2.24, 2.45) is 5.73 Å². The molecule has 3 N–H and O–H groups in total. The molecule has 0 radical (unpaired) electrons. The average molecular weight is 308 g/mol. The number of anilines is 1. The van der Waals surface area contributed by atoms with E-state index in [2.05, 4.69) is 32.4 Å². The summed E-state index contributed by atoms with van der Waals surface area (Å²) in [6.45, 7) is 1.35. The van der Waals surface area contributed by atoms with E-state index < -0.39 is 5.91 Å². The first-order valence-electron chi connectivity index (χ1n) is 7.10. The zero-order valence-electron chi connectivity index (χ0n) is 12.4. The Morgan fingerprint density at radius 1 is 1.22 bits per heavy atom. The van der Waals surface area contributed by atoms with Crippen LogP contribution in [-0.4, -0.2) is 25.4 Å². The number of aromatic nitrogens is 4. The van der Waals surface area contributed by atoms with E-state index in [9.17, 15) is 4.79 Å². The Labute approximate surface area is 133 Å². The van der Waals surface area contributed by atoms with Gasteiger partial charge in [-0.05, 0) is 11.1 Å². The van der Waals surface area contributed by atoms with Crippen LogP contribution in [-0.2, 0) is 13.1 Å². The first-order valence-corrected chi connectivity index (χ1v) is 7.10. The maximum absolute atomic E-state index is 11.1. The Kier molecular flexibility index (Phi) is 4.28. The lowest BCUT2D eigenvalue weighted by atomic mass is 10.1. The molecule has 3 aromatic rings. The number of primary amides is 1. The van der Waals surface area contributed by atoms with Crippen LogP contribution in [0, 0.1) is 0 Å². The van der Waals surface area contributed by atoms with E-state index in [1.807, 2.05) is 22.9 Å². The predicted octanol–water partition coefficient (Wildman–Crippen LogP) is 1.43. The third-order valence-electron chi connectivity index (χ3n) is 3.28. The van der Waals surface area contributed by atoms with Crippen LogP contribution in [0.2, 0.25) is 0 Å². The summed E-state index contributed by atoms with van der Waals surface area (Å²) < 4.78 is 2.01. The molecule has 1 aromatic carbocycles. The molecule has 0 aliphatic carbocycles. The topological polar surface area (TPSA) is 98.7 Å². The van der Waals surface area contributed by atoms with Gasteiger partial charge in [-0.2, -0.15) is 0 Å². The summed E-state index contributed by atoms with van der Waals surface area (Å²) in [5, 5.41) is 3.14. The van der Waals surface area contributed by atoms with Crippen molar-refractivity contribution in [2.75, 3.05) is 5.32 Å². The van der Waals surface area contributed by atoms with Crippen molar-refractivity contribution in [1.82, 2.24) is 19.5 Å². The van der Waals surface area contributed by atoms with E-state index in [0.29, 0.717) is 12.4 Å². The van der Waals surface area contributed by atoms with Crippen molar-refractivity contribution in [3.8, 4) is 0 Å². The molecule has 0 spiro atoms. The molecule has 0 bridgehead atoms. The minimum atomic E-state index is -0.594. The number of nitrogens with two attached hydrogens (primary N) is 1. The molecule has 1 amide bonds. The number of carbonyl (C=O) groups excluding carboxylic acids is 1. The number of hydrogen-bond acceptors (Lipinski definition) is 5. The second-order valence-corrected chi connectivity index (χ2v) is 5.06. The van der Waals surface area contributed by atoms with Gasteiger partial charge >= 0.3 is 0 Å². The summed E-state index contributed by atoms with van der Waals surface area (Å²) in [4.78, 5) is 23.2. The summed E-state index contributed by atoms with van der Waals surface area (Å²) in [5.74, 6) is -0.0789. The lowest BCUT2D eigenvalue weighted by molar-refractivity contribution is 0.0995. The molecule has 0 unspecified atom stereocenters. The van der Waals surface area contributed by atoms with Gasteiger partial charge in [-0.15, -0.1) is 0 Å². The number of hydrogen-bond donors (Lipinski definition) is 2. The highest BCUT2D eigenvalue weighted by atomic mass is 16.1. The molecule has 2 heterocycles. The van der Waals surface area contributed by atoms with E-state index >= 15 is 0 Å². The quantitative estimate of drug-likeness (QED) is 0.718. The maximum Gasteiger partial charge on any atom is 0.268 e. The molecule has 23 heavy (non-hydrogen) atoms. The van der Waals surface area contributed by atoms with Gasteiger partial charge in [0, 0.05) is 25.5 Å². The Balaban J connectivity index is 1.66. The number of amides is 1. The lowest BCUT2D eigenvalue weighted by Crippen LogP contribution is -2.14. The van der Waals surface area contributed by atoms with Crippen LogP contribution in [0.25, 0.3) is 0 Å². The van der Waals surface area contributed by atoms with Crippen LogP contribution >= 0.6 is 0 Å². The largest absolute Gasteiger partial charge is 0.365 e. The summed E-state index contributed by atoms with van der Waals surface area (Å²) in [6.07, 6.45) is 8.38. The fraction of sp³-hybridized carbons (Fsp3) is 0.125. The van der Waals surface area contributed by atoms with Gasteiger partial charge in [0.25, 0.3) is 5.91 Å². The third-order valence-corrected chi connectivity index (χ3v) is 3.28. The van der Waals surface area contributed by atoms with Crippen molar-refractivity contribution >= 4 is 11.7 Å². The standard InChI is InChI=1S/C16H16N6O/c17-16(23)14-8-19-9-15(21-14)20-7-12-2-1-3-13(6-12)10-22-5-4-18-11-22/h1-6,8-9,11H,7,10H2,(H2,17,23)(H,20,21). The van der Waals surface area contributed by atoms with Gasteiger partial charge in [-0.3, -0.25) is 9.78 Å². The van der Waals surface area contributed by atoms with Crippen molar-refractivity contribution in [3.63, 3.8) is 0 Å². The van der Waals surface area contributed by atoms with Gasteiger partial charge in [0.15, 0.2) is 0 Å². The molecule has 2 aromatic heterocycles. The Morgan fingerprint density at radius 2 is 2.09 bits per heavy atom. The maximum atomic E-state index is 11.1. The molecule has 0 atom stereocenters. The van der Waals surface area contributed by atoms with Gasteiger partial charge in [0.05, 0.1) is 18.7 Å². The molecule has 3 rings (SSSR count). The number of nitrogens with one attached hydrogen (secondary N) is 1. The number of carbonyl (C=O) groups is 1. The molecule has 7 heteroatoms. The van der Waals surface area contributed by atoms with Crippen molar-refractivity contribution in [3.05, 3.63) is 72.2 Å². The van der Waals surface area contributed by atoms with Gasteiger partial charge in [-0.1, -0.05) is 24.3 Å². The van der Waals surface area contributed by atoms with E-state index in [1.165, 1.54) is 11.8 Å². The lowest BCUT2D eigenvalue weighted by Gasteiger charge is -2.08. The Morgan fingerprint density at radius 3 is 2.87 bits per heavy atom. The highest BCUT2D eigenvalue weighted by molar-refractivity contribution is 5.90. The summed E-state index contributed by atoms with van der Waals surface area (Å²) >= 11 is 0. The van der Waals surface area contributed by atoms with E-state index in [4.69, 9.17) is 5.73 Å². The van der Waals surface area contributed by atoms with Crippen molar-refractivity contribution in [1.29, 1.82) is 0 Å². The zero-order valence-corrected chi connectivity index (χ0v) is 12.4. The minimum Gasteiger partial charge on any atom is -0.365 e. The molecule has 0 saturated carbocycles. The van der Waals surface area contributed by atoms with E-state index in [-0.39, 0.29) is 5.69 Å². The summed E-state index contributed by atoms with van der Waals surface area (Å²) in [7, 11) is 0. The normalized spacial score (nSPS) is 10.4. The van der Waals surface area contributed by atoms with Crippen LogP contribution in [0.15, 0.2) is 55.4 Å². The molecule has 0 aliphatic heterocycles. The monoisotopic (exact) mass is 308 g/mol. The van der Waals surface area contributed by atoms with Crippen LogP contribution in [0.4, 0.5) is 5.82 Å². The smallest absolute Gasteiger partial charge is 0.268 e.